The van der Waals surface area contributed by atoms with Crippen LogP contribution in [0.25, 0.3) is 0 Å². The summed E-state index contributed by atoms with van der Waals surface area (Å²) in [7, 11) is -2.65. The van der Waals surface area contributed by atoms with E-state index in [1.165, 1.54) is 7.11 Å². The van der Waals surface area contributed by atoms with Crippen molar-refractivity contribution in [2.45, 2.75) is 4.90 Å². The summed E-state index contributed by atoms with van der Waals surface area (Å²) in [4.78, 5) is 13.3. The van der Waals surface area contributed by atoms with Gasteiger partial charge in [-0.25, -0.2) is 18.4 Å². The Morgan fingerprint density at radius 1 is 1.64 bits per heavy atom. The van der Waals surface area contributed by atoms with E-state index < -0.39 is 16.0 Å². The summed E-state index contributed by atoms with van der Waals surface area (Å²) in [5, 5.41) is 4.88. The minimum atomic E-state index is -3.84. The zero-order valence-corrected chi connectivity index (χ0v) is 9.48. The van der Waals surface area contributed by atoms with Crippen molar-refractivity contribution >= 4 is 31.9 Å². The second-order valence-corrected chi connectivity index (χ2v) is 4.72. The standard InChI is InChI=1S/C6H7BrN2O4S/c1-13-6(10)3-2-4(5(7)9-3)14(8,11)12/h2,9H,1H3,(H2,8,11,12). The Bertz CT molecular complexity index is 464. The Hall–Kier alpha value is -0.860. The molecule has 1 heterocycles. The maximum atomic E-state index is 11.0. The first kappa shape index (κ1) is 11.2. The third kappa shape index (κ3) is 2.14. The number of esters is 1. The Morgan fingerprint density at radius 2 is 2.21 bits per heavy atom. The molecule has 1 rings (SSSR count). The summed E-state index contributed by atoms with van der Waals surface area (Å²) in [6, 6.07) is 1.10. The second-order valence-electron chi connectivity index (χ2n) is 2.40. The number of carbonyl (C=O) groups excluding carboxylic acids is 1. The van der Waals surface area contributed by atoms with Crippen LogP contribution >= 0.6 is 15.9 Å². The van der Waals surface area contributed by atoms with E-state index in [0.717, 1.165) is 6.07 Å². The summed E-state index contributed by atoms with van der Waals surface area (Å²) in [6.45, 7) is 0. The molecule has 0 saturated carbocycles. The summed E-state index contributed by atoms with van der Waals surface area (Å²) >= 11 is 2.93. The van der Waals surface area contributed by atoms with Crippen molar-refractivity contribution in [2.24, 2.45) is 5.14 Å². The first-order chi connectivity index (χ1) is 6.36. The molecular weight excluding hydrogens is 276 g/mol. The minimum absolute atomic E-state index is 0.0170. The lowest BCUT2D eigenvalue weighted by molar-refractivity contribution is 0.0594. The van der Waals surface area contributed by atoms with Crippen LogP contribution in [-0.4, -0.2) is 26.5 Å². The molecule has 1 aromatic rings. The van der Waals surface area contributed by atoms with Gasteiger partial charge in [0.15, 0.2) is 0 Å². The number of ether oxygens (including phenoxy) is 1. The van der Waals surface area contributed by atoms with E-state index >= 15 is 0 Å². The van der Waals surface area contributed by atoms with E-state index in [9.17, 15) is 13.2 Å². The highest BCUT2D eigenvalue weighted by atomic mass is 79.9. The molecule has 0 spiro atoms. The fourth-order valence-electron chi connectivity index (χ4n) is 0.837. The van der Waals surface area contributed by atoms with E-state index in [0.29, 0.717) is 0 Å². The van der Waals surface area contributed by atoms with Crippen LogP contribution in [0, 0.1) is 0 Å². The Kier molecular flexibility index (Phi) is 2.98. The molecule has 0 aliphatic rings. The number of nitrogens with two attached hydrogens (primary N) is 1. The number of aromatic nitrogens is 1. The van der Waals surface area contributed by atoms with E-state index in [2.05, 4.69) is 25.7 Å². The number of hydrogen-bond acceptors (Lipinski definition) is 4. The highest BCUT2D eigenvalue weighted by Gasteiger charge is 2.19. The average molecular weight is 283 g/mol. The molecule has 0 aliphatic carbocycles. The van der Waals surface area contributed by atoms with Gasteiger partial charge >= 0.3 is 5.97 Å². The molecule has 0 aliphatic heterocycles. The summed E-state index contributed by atoms with van der Waals surface area (Å²) in [6.07, 6.45) is 0. The maximum absolute atomic E-state index is 11.0. The molecular formula is C6H7BrN2O4S. The van der Waals surface area contributed by atoms with Gasteiger partial charge in [-0.15, -0.1) is 0 Å². The van der Waals surface area contributed by atoms with Crippen LogP contribution < -0.4 is 5.14 Å². The van der Waals surface area contributed by atoms with Crippen LogP contribution in [0.3, 0.4) is 0 Å². The van der Waals surface area contributed by atoms with Crippen molar-refractivity contribution in [1.29, 1.82) is 0 Å². The number of primary sulfonamides is 1. The summed E-state index contributed by atoms with van der Waals surface area (Å²) < 4.78 is 26.4. The lowest BCUT2D eigenvalue weighted by atomic mass is 10.4. The third-order valence-electron chi connectivity index (χ3n) is 1.45. The van der Waals surface area contributed by atoms with Crippen molar-refractivity contribution in [3.8, 4) is 0 Å². The van der Waals surface area contributed by atoms with Crippen LogP contribution in [0.15, 0.2) is 15.6 Å². The predicted octanol–water partition coefficient (Wildman–Crippen LogP) is 0.211. The number of H-pyrrole nitrogens is 1. The quantitative estimate of drug-likeness (QED) is 0.757. The molecule has 14 heavy (non-hydrogen) atoms. The van der Waals surface area contributed by atoms with Crippen molar-refractivity contribution in [3.05, 3.63) is 16.4 Å². The molecule has 1 aromatic heterocycles. The molecule has 6 nitrogen and oxygen atoms in total. The van der Waals surface area contributed by atoms with Crippen LogP contribution in [0.2, 0.25) is 0 Å². The van der Waals surface area contributed by atoms with Crippen LogP contribution in [0.1, 0.15) is 10.5 Å². The van der Waals surface area contributed by atoms with Gasteiger partial charge in [0.2, 0.25) is 10.0 Å². The number of nitrogens with one attached hydrogen (secondary N) is 1. The van der Waals surface area contributed by atoms with Gasteiger partial charge in [0.05, 0.1) is 7.11 Å². The molecule has 0 amide bonds. The number of aromatic amines is 1. The molecule has 0 radical (unpaired) electrons. The number of halogens is 1. The number of carbonyl (C=O) groups is 1. The maximum Gasteiger partial charge on any atom is 0.354 e. The molecule has 3 N–H and O–H groups in total. The number of methoxy groups -OCH3 is 1. The van der Waals surface area contributed by atoms with Crippen molar-refractivity contribution in [3.63, 3.8) is 0 Å². The van der Waals surface area contributed by atoms with Crippen LogP contribution in [0.5, 0.6) is 0 Å². The van der Waals surface area contributed by atoms with Gasteiger partial charge in [-0.1, -0.05) is 0 Å². The Labute approximate surface area is 88.6 Å². The number of sulfonamides is 1. The second kappa shape index (κ2) is 3.71. The van der Waals surface area contributed by atoms with Crippen molar-refractivity contribution < 1.29 is 17.9 Å². The third-order valence-corrected chi connectivity index (χ3v) is 3.27. The molecule has 0 bridgehead atoms. The van der Waals surface area contributed by atoms with E-state index in [1.807, 2.05) is 0 Å². The highest BCUT2D eigenvalue weighted by molar-refractivity contribution is 9.10. The van der Waals surface area contributed by atoms with Gasteiger partial charge < -0.3 is 9.72 Å². The molecule has 0 saturated heterocycles. The predicted molar refractivity (Wildman–Crippen MR) is 51.2 cm³/mol. The van der Waals surface area contributed by atoms with Crippen molar-refractivity contribution in [2.75, 3.05) is 7.11 Å². The largest absolute Gasteiger partial charge is 0.464 e. The summed E-state index contributed by atoms with van der Waals surface area (Å²) in [5.74, 6) is -0.666. The first-order valence-corrected chi connectivity index (χ1v) is 5.70. The minimum Gasteiger partial charge on any atom is -0.464 e. The first-order valence-electron chi connectivity index (χ1n) is 3.36. The normalized spacial score (nSPS) is 11.4. The fraction of sp³-hybridized carbons (Fsp3) is 0.167. The van der Waals surface area contributed by atoms with Gasteiger partial charge in [-0.05, 0) is 22.0 Å². The average Bonchev–Trinajstić information content (AvgIpc) is 2.45. The van der Waals surface area contributed by atoms with E-state index in [4.69, 9.17) is 5.14 Å². The fourth-order valence-corrected chi connectivity index (χ4v) is 2.43. The van der Waals surface area contributed by atoms with Gasteiger partial charge in [0, 0.05) is 0 Å². The van der Waals surface area contributed by atoms with Gasteiger partial charge in [0.1, 0.15) is 15.2 Å². The lowest BCUT2D eigenvalue weighted by Crippen LogP contribution is -2.11. The van der Waals surface area contributed by atoms with Crippen molar-refractivity contribution in [1.82, 2.24) is 4.98 Å². The molecule has 0 aromatic carbocycles. The number of hydrogen-bond donors (Lipinski definition) is 2. The highest BCUT2D eigenvalue weighted by Crippen LogP contribution is 2.21. The van der Waals surface area contributed by atoms with Gasteiger partial charge in [-0.2, -0.15) is 0 Å². The number of rotatable bonds is 2. The SMILES string of the molecule is COC(=O)c1cc(S(N)(=O)=O)c(Br)[nH]1. The molecule has 0 fully saturated rings. The lowest BCUT2D eigenvalue weighted by Gasteiger charge is -1.92. The van der Waals surface area contributed by atoms with Crippen LogP contribution in [-0.2, 0) is 14.8 Å². The van der Waals surface area contributed by atoms with Gasteiger partial charge in [0.25, 0.3) is 0 Å². The Balaban J connectivity index is 3.25. The monoisotopic (exact) mass is 282 g/mol. The molecule has 0 atom stereocenters. The topological polar surface area (TPSA) is 102 Å². The Morgan fingerprint density at radius 3 is 2.57 bits per heavy atom. The zero-order chi connectivity index (χ0) is 10.9. The van der Waals surface area contributed by atoms with E-state index in [-0.39, 0.29) is 15.2 Å². The van der Waals surface area contributed by atoms with E-state index in [1.54, 1.807) is 0 Å². The smallest absolute Gasteiger partial charge is 0.354 e. The van der Waals surface area contributed by atoms with Gasteiger partial charge in [-0.3, -0.25) is 0 Å². The summed E-state index contributed by atoms with van der Waals surface area (Å²) in [5.41, 5.74) is 0.0170. The molecule has 0 unspecified atom stereocenters. The van der Waals surface area contributed by atoms with Crippen LogP contribution in [0.4, 0.5) is 0 Å². The molecule has 8 heteroatoms. The zero-order valence-electron chi connectivity index (χ0n) is 7.07. The molecule has 78 valence electrons.